The molecule has 2 aromatic carbocycles. The van der Waals surface area contributed by atoms with Gasteiger partial charge in [-0.05, 0) is 67.1 Å². The first-order chi connectivity index (χ1) is 25.2. The van der Waals surface area contributed by atoms with Gasteiger partial charge in [-0.15, -0.1) is 0 Å². The number of ether oxygens (including phenoxy) is 2. The summed E-state index contributed by atoms with van der Waals surface area (Å²) >= 11 is 13.5. The van der Waals surface area contributed by atoms with Crippen LogP contribution in [-0.2, 0) is 29.1 Å². The van der Waals surface area contributed by atoms with E-state index in [2.05, 4.69) is 25.9 Å². The van der Waals surface area contributed by atoms with Crippen molar-refractivity contribution in [2.24, 2.45) is 0 Å². The summed E-state index contributed by atoms with van der Waals surface area (Å²) in [7, 11) is 1.42. The van der Waals surface area contributed by atoms with Crippen LogP contribution in [0.25, 0.3) is 11.1 Å². The average molecular weight is 769 g/mol. The largest absolute Gasteiger partial charge is 0.481 e. The van der Waals surface area contributed by atoms with E-state index in [9.17, 15) is 34.8 Å². The van der Waals surface area contributed by atoms with Gasteiger partial charge in [-0.1, -0.05) is 59.6 Å². The van der Waals surface area contributed by atoms with Crippen LogP contribution in [0.15, 0.2) is 60.8 Å². The standard InChI is InChI=1S/C37H39Cl2N5O9/c1-36(18-45,34(48)49)41-16-20-10-13-29(40-15-20)43-31(47)26-9-5-8-25(30(26)39)22-6-4-7-24-23(22)11-12-28(24)53-33-27(38)14-21(32(44-33)52-3)17-42-37(2,19-46)35(50)51/h4-10,13-15,28,41-42,45-46H,11-12,16-19H2,1-3H3,(H,48,49)(H,50,51)(H,40,43,47)/t28-,36?,37?/m0/s1. The summed E-state index contributed by atoms with van der Waals surface area (Å²) < 4.78 is 11.8. The van der Waals surface area contributed by atoms with Crippen LogP contribution in [-0.4, -0.2) is 79.6 Å². The Morgan fingerprint density at radius 3 is 2.19 bits per heavy atom. The summed E-state index contributed by atoms with van der Waals surface area (Å²) in [5.74, 6) is -2.29. The van der Waals surface area contributed by atoms with Crippen molar-refractivity contribution in [2.45, 2.75) is 57.0 Å². The zero-order valence-electron chi connectivity index (χ0n) is 29.1. The molecule has 14 nitrogen and oxygen atoms in total. The lowest BCUT2D eigenvalue weighted by Gasteiger charge is -2.24. The lowest BCUT2D eigenvalue weighted by molar-refractivity contribution is -0.146. The van der Waals surface area contributed by atoms with Crippen LogP contribution in [0.4, 0.5) is 5.82 Å². The predicted octanol–water partition coefficient (Wildman–Crippen LogP) is 4.63. The van der Waals surface area contributed by atoms with E-state index in [1.807, 2.05) is 24.3 Å². The van der Waals surface area contributed by atoms with Gasteiger partial charge in [0.15, 0.2) is 0 Å². The number of amides is 1. The monoisotopic (exact) mass is 767 g/mol. The maximum atomic E-state index is 13.4. The van der Waals surface area contributed by atoms with Crippen LogP contribution in [0.5, 0.6) is 11.8 Å². The molecule has 2 heterocycles. The highest BCUT2D eigenvalue weighted by Gasteiger charge is 2.34. The SMILES string of the molecule is COc1nc(O[C@H]2CCc3c(-c4cccc(C(=O)Nc5ccc(CNC(C)(CO)C(=O)O)cn5)c4Cl)cccc32)c(Cl)cc1CNC(C)(CO)C(=O)O. The molecular formula is C37H39Cl2N5O9. The molecule has 0 saturated carbocycles. The minimum Gasteiger partial charge on any atom is -0.481 e. The van der Waals surface area contributed by atoms with Gasteiger partial charge in [-0.25, -0.2) is 4.98 Å². The molecule has 4 aromatic rings. The molecule has 5 rings (SSSR count). The first-order valence-electron chi connectivity index (χ1n) is 16.5. The summed E-state index contributed by atoms with van der Waals surface area (Å²) in [6, 6.07) is 15.8. The van der Waals surface area contributed by atoms with Crippen LogP contribution in [0.2, 0.25) is 10.0 Å². The van der Waals surface area contributed by atoms with Crippen molar-refractivity contribution < 1.29 is 44.3 Å². The van der Waals surface area contributed by atoms with Crippen LogP contribution >= 0.6 is 23.2 Å². The number of hydrogen-bond acceptors (Lipinski definition) is 11. The molecule has 1 aliphatic carbocycles. The Bertz CT molecular complexity index is 2020. The van der Waals surface area contributed by atoms with Crippen molar-refractivity contribution in [3.63, 3.8) is 0 Å². The highest BCUT2D eigenvalue weighted by Crippen LogP contribution is 2.43. The minimum atomic E-state index is -1.58. The molecule has 53 heavy (non-hydrogen) atoms. The van der Waals surface area contributed by atoms with Gasteiger partial charge >= 0.3 is 11.9 Å². The first-order valence-corrected chi connectivity index (χ1v) is 17.2. The lowest BCUT2D eigenvalue weighted by atomic mass is 9.95. The molecule has 2 aromatic heterocycles. The van der Waals surface area contributed by atoms with E-state index in [1.54, 1.807) is 30.3 Å². The third-order valence-electron chi connectivity index (χ3n) is 9.17. The smallest absolute Gasteiger partial charge is 0.326 e. The lowest BCUT2D eigenvalue weighted by Crippen LogP contribution is -2.52. The van der Waals surface area contributed by atoms with Gasteiger partial charge < -0.3 is 35.2 Å². The number of fused-ring (bicyclic) bond motifs is 1. The van der Waals surface area contributed by atoms with Crippen molar-refractivity contribution in [2.75, 3.05) is 25.6 Å². The normalized spacial score (nSPS) is 15.9. The van der Waals surface area contributed by atoms with E-state index in [0.717, 1.165) is 16.7 Å². The average Bonchev–Trinajstić information content (AvgIpc) is 3.56. The highest BCUT2D eigenvalue weighted by molar-refractivity contribution is 6.37. The van der Waals surface area contributed by atoms with Crippen LogP contribution < -0.4 is 25.4 Å². The molecule has 0 spiro atoms. The molecule has 3 atom stereocenters. The molecule has 0 bridgehead atoms. The third-order valence-corrected chi connectivity index (χ3v) is 9.85. The minimum absolute atomic E-state index is 0.00931. The van der Waals surface area contributed by atoms with Crippen molar-refractivity contribution in [3.05, 3.63) is 98.7 Å². The number of rotatable bonds is 16. The summed E-state index contributed by atoms with van der Waals surface area (Å²) in [5, 5.41) is 46.6. The Morgan fingerprint density at radius 2 is 1.57 bits per heavy atom. The van der Waals surface area contributed by atoms with Gasteiger partial charge in [0.1, 0.15) is 28.0 Å². The Balaban J connectivity index is 1.31. The fourth-order valence-electron chi connectivity index (χ4n) is 5.69. The fourth-order valence-corrected chi connectivity index (χ4v) is 6.23. The van der Waals surface area contributed by atoms with E-state index in [-0.39, 0.29) is 46.3 Å². The first kappa shape index (κ1) is 39.4. The number of aliphatic hydroxyl groups is 2. The molecular weight excluding hydrogens is 729 g/mol. The molecule has 16 heteroatoms. The number of carbonyl (C=O) groups is 3. The van der Waals surface area contributed by atoms with Crippen LogP contribution in [0.3, 0.4) is 0 Å². The quantitative estimate of drug-likeness (QED) is 0.0830. The van der Waals surface area contributed by atoms with E-state index < -0.39 is 48.2 Å². The van der Waals surface area contributed by atoms with Gasteiger partial charge in [0.2, 0.25) is 11.8 Å². The molecule has 7 N–H and O–H groups in total. The topological polar surface area (TPSA) is 212 Å². The second kappa shape index (κ2) is 16.5. The van der Waals surface area contributed by atoms with Crippen molar-refractivity contribution in [1.29, 1.82) is 0 Å². The number of carbonyl (C=O) groups excluding carboxylic acids is 1. The Kier molecular flexibility index (Phi) is 12.2. The van der Waals surface area contributed by atoms with Crippen molar-refractivity contribution in [1.82, 2.24) is 20.6 Å². The molecule has 0 saturated heterocycles. The fraction of sp³-hybridized carbons (Fsp3) is 0.324. The number of hydrogen-bond donors (Lipinski definition) is 7. The predicted molar refractivity (Wildman–Crippen MR) is 196 cm³/mol. The maximum Gasteiger partial charge on any atom is 0.326 e. The maximum absolute atomic E-state index is 13.4. The molecule has 2 unspecified atom stereocenters. The highest BCUT2D eigenvalue weighted by atomic mass is 35.5. The number of anilines is 1. The molecule has 280 valence electrons. The molecule has 1 amide bonds. The van der Waals surface area contributed by atoms with E-state index >= 15 is 0 Å². The number of nitrogens with zero attached hydrogens (tertiary/aromatic N) is 2. The van der Waals surface area contributed by atoms with Crippen LogP contribution in [0, 0.1) is 0 Å². The number of benzene rings is 2. The number of halogens is 2. The number of carboxylic acids is 2. The summed E-state index contributed by atoms with van der Waals surface area (Å²) in [6.45, 7) is 1.66. The zero-order valence-corrected chi connectivity index (χ0v) is 30.6. The number of aliphatic hydroxyl groups excluding tert-OH is 2. The van der Waals surface area contributed by atoms with Crippen molar-refractivity contribution >= 4 is 46.9 Å². The Labute approximate surface area is 315 Å². The molecule has 0 aliphatic heterocycles. The number of nitrogens with one attached hydrogen (secondary N) is 3. The van der Waals surface area contributed by atoms with E-state index in [0.29, 0.717) is 29.5 Å². The molecule has 0 radical (unpaired) electrons. The number of methoxy groups -OCH3 is 1. The molecule has 1 aliphatic rings. The summed E-state index contributed by atoms with van der Waals surface area (Å²) in [5.41, 5.74) is 1.65. The van der Waals surface area contributed by atoms with E-state index in [4.69, 9.17) is 32.7 Å². The van der Waals surface area contributed by atoms with E-state index in [1.165, 1.54) is 27.2 Å². The van der Waals surface area contributed by atoms with Crippen LogP contribution in [0.1, 0.15) is 59.0 Å². The zero-order chi connectivity index (χ0) is 38.5. The number of aliphatic carboxylic acids is 2. The number of carboxylic acid groups (broad SMARTS) is 2. The third kappa shape index (κ3) is 8.54. The van der Waals surface area contributed by atoms with Gasteiger partial charge in [-0.2, -0.15) is 4.98 Å². The van der Waals surface area contributed by atoms with Gasteiger partial charge in [0.05, 0.1) is 30.9 Å². The Morgan fingerprint density at radius 1 is 0.906 bits per heavy atom. The van der Waals surface area contributed by atoms with Crippen molar-refractivity contribution in [3.8, 4) is 22.9 Å². The summed E-state index contributed by atoms with van der Waals surface area (Å²) in [6.07, 6.45) is 2.33. The second-order valence-electron chi connectivity index (χ2n) is 12.9. The van der Waals surface area contributed by atoms with Gasteiger partial charge in [-0.3, -0.25) is 25.0 Å². The Hall–Kier alpha value is -4.83. The number of aromatic nitrogens is 2. The molecule has 0 fully saturated rings. The second-order valence-corrected chi connectivity index (χ2v) is 13.7. The van der Waals surface area contributed by atoms with Gasteiger partial charge in [0, 0.05) is 30.4 Å². The summed E-state index contributed by atoms with van der Waals surface area (Å²) in [4.78, 5) is 45.1. The number of pyridine rings is 2. The van der Waals surface area contributed by atoms with Gasteiger partial charge in [0.25, 0.3) is 5.91 Å².